The Labute approximate surface area is 141 Å². The van der Waals surface area contributed by atoms with Crippen molar-refractivity contribution in [2.75, 3.05) is 0 Å². The second kappa shape index (κ2) is 8.90. The van der Waals surface area contributed by atoms with Crippen LogP contribution in [0.4, 0.5) is 9.59 Å². The maximum atomic E-state index is 12.6. The molecule has 0 saturated heterocycles. The summed E-state index contributed by atoms with van der Waals surface area (Å²) in [6.07, 6.45) is -2.70. The topological polar surface area (TPSA) is 84.9 Å². The number of benzene rings is 1. The molecule has 1 aromatic carbocycles. The van der Waals surface area contributed by atoms with Crippen LogP contribution in [0.5, 0.6) is 0 Å². The number of hydrazine groups is 1. The van der Waals surface area contributed by atoms with Gasteiger partial charge in [0.25, 0.3) is 5.91 Å². The average molecular weight is 336 g/mol. The molecule has 0 heterocycles. The number of imide groups is 1. The van der Waals surface area contributed by atoms with E-state index in [2.05, 4.69) is 5.43 Å². The standard InChI is InChI=1S/C17H24N2O5/c1-11(2)23-16(21)18-19(17(22)24-12(3)4)15(20)13(5)14-9-7-6-8-10-14/h6-13H,1-5H3,(H,18,21). The van der Waals surface area contributed by atoms with E-state index in [1.54, 1.807) is 58.9 Å². The number of amides is 3. The molecule has 1 atom stereocenters. The minimum Gasteiger partial charge on any atom is -0.446 e. The molecule has 0 fully saturated rings. The predicted octanol–water partition coefficient (Wildman–Crippen LogP) is 3.21. The van der Waals surface area contributed by atoms with E-state index in [9.17, 15) is 14.4 Å². The van der Waals surface area contributed by atoms with Crippen LogP contribution in [0.3, 0.4) is 0 Å². The summed E-state index contributed by atoms with van der Waals surface area (Å²) in [5, 5.41) is 0.558. The molecule has 0 aromatic heterocycles. The van der Waals surface area contributed by atoms with E-state index in [1.165, 1.54) is 0 Å². The molecule has 0 aliphatic carbocycles. The van der Waals surface area contributed by atoms with Gasteiger partial charge in [0.2, 0.25) is 0 Å². The quantitative estimate of drug-likeness (QED) is 0.853. The summed E-state index contributed by atoms with van der Waals surface area (Å²) < 4.78 is 9.94. The fourth-order valence-corrected chi connectivity index (χ4v) is 1.85. The highest BCUT2D eigenvalue weighted by Gasteiger charge is 2.31. The lowest BCUT2D eigenvalue weighted by atomic mass is 10.0. The fourth-order valence-electron chi connectivity index (χ4n) is 1.85. The van der Waals surface area contributed by atoms with Crippen LogP contribution in [0.25, 0.3) is 0 Å². The van der Waals surface area contributed by atoms with Gasteiger partial charge in [-0.25, -0.2) is 15.0 Å². The van der Waals surface area contributed by atoms with E-state index >= 15 is 0 Å². The first-order valence-electron chi connectivity index (χ1n) is 7.79. The molecule has 132 valence electrons. The van der Waals surface area contributed by atoms with Crippen molar-refractivity contribution in [2.45, 2.75) is 52.7 Å². The zero-order valence-corrected chi connectivity index (χ0v) is 14.6. The van der Waals surface area contributed by atoms with Gasteiger partial charge in [0.15, 0.2) is 0 Å². The van der Waals surface area contributed by atoms with Crippen LogP contribution in [0.15, 0.2) is 30.3 Å². The van der Waals surface area contributed by atoms with Gasteiger partial charge in [-0.2, -0.15) is 0 Å². The van der Waals surface area contributed by atoms with E-state index in [4.69, 9.17) is 9.47 Å². The highest BCUT2D eigenvalue weighted by molar-refractivity contribution is 5.96. The number of carbonyl (C=O) groups is 3. The smallest absolute Gasteiger partial charge is 0.436 e. The van der Waals surface area contributed by atoms with Crippen molar-refractivity contribution in [3.05, 3.63) is 35.9 Å². The number of rotatable bonds is 4. The molecular formula is C17H24N2O5. The number of hydrogen-bond acceptors (Lipinski definition) is 5. The average Bonchev–Trinajstić information content (AvgIpc) is 2.50. The van der Waals surface area contributed by atoms with Crippen LogP contribution >= 0.6 is 0 Å². The summed E-state index contributed by atoms with van der Waals surface area (Å²) in [5.74, 6) is -1.27. The number of ether oxygens (including phenoxy) is 2. The Kier molecular flexibility index (Phi) is 7.23. The van der Waals surface area contributed by atoms with E-state index in [1.807, 2.05) is 6.07 Å². The number of nitrogens with zero attached hydrogens (tertiary/aromatic N) is 1. The normalized spacial score (nSPS) is 11.8. The molecular weight excluding hydrogens is 312 g/mol. The second-order valence-electron chi connectivity index (χ2n) is 5.80. The van der Waals surface area contributed by atoms with Crippen LogP contribution in [0.1, 0.15) is 46.1 Å². The van der Waals surface area contributed by atoms with E-state index in [0.29, 0.717) is 10.6 Å². The Hall–Kier alpha value is -2.57. The Morgan fingerprint density at radius 2 is 1.46 bits per heavy atom. The molecule has 7 heteroatoms. The zero-order chi connectivity index (χ0) is 18.3. The Morgan fingerprint density at radius 1 is 0.917 bits per heavy atom. The van der Waals surface area contributed by atoms with Crippen molar-refractivity contribution in [3.63, 3.8) is 0 Å². The maximum Gasteiger partial charge on any atom is 0.436 e. The van der Waals surface area contributed by atoms with Crippen molar-refractivity contribution in [2.24, 2.45) is 0 Å². The van der Waals surface area contributed by atoms with Crippen LogP contribution in [-0.2, 0) is 14.3 Å². The molecule has 1 unspecified atom stereocenters. The molecule has 1 rings (SSSR count). The summed E-state index contributed by atoms with van der Waals surface area (Å²) in [6.45, 7) is 8.25. The Bertz CT molecular complexity index is 572. The fraction of sp³-hybridized carbons (Fsp3) is 0.471. The predicted molar refractivity (Wildman–Crippen MR) is 88.1 cm³/mol. The van der Waals surface area contributed by atoms with Gasteiger partial charge < -0.3 is 9.47 Å². The molecule has 1 N–H and O–H groups in total. The van der Waals surface area contributed by atoms with E-state index in [0.717, 1.165) is 0 Å². The van der Waals surface area contributed by atoms with Gasteiger partial charge in [0.05, 0.1) is 18.1 Å². The first-order chi connectivity index (χ1) is 11.2. The highest BCUT2D eigenvalue weighted by Crippen LogP contribution is 2.17. The first kappa shape index (κ1) is 19.5. The molecule has 0 radical (unpaired) electrons. The summed E-state index contributed by atoms with van der Waals surface area (Å²) in [7, 11) is 0. The largest absolute Gasteiger partial charge is 0.446 e. The SMILES string of the molecule is CC(C)OC(=O)NN(C(=O)OC(C)C)C(=O)C(C)c1ccccc1. The summed E-state index contributed by atoms with van der Waals surface area (Å²) in [4.78, 5) is 36.6. The van der Waals surface area contributed by atoms with Crippen LogP contribution in [0.2, 0.25) is 0 Å². The van der Waals surface area contributed by atoms with Crippen molar-refractivity contribution in [3.8, 4) is 0 Å². The lowest BCUT2D eigenvalue weighted by Gasteiger charge is -2.25. The summed E-state index contributed by atoms with van der Waals surface area (Å²) in [5.41, 5.74) is 2.86. The van der Waals surface area contributed by atoms with Crippen molar-refractivity contribution in [1.82, 2.24) is 10.4 Å². The van der Waals surface area contributed by atoms with Crippen LogP contribution in [0, 0.1) is 0 Å². The Balaban J connectivity index is 2.96. The van der Waals surface area contributed by atoms with Gasteiger partial charge in [-0.1, -0.05) is 30.3 Å². The van der Waals surface area contributed by atoms with Crippen molar-refractivity contribution < 1.29 is 23.9 Å². The molecule has 0 aliphatic rings. The Morgan fingerprint density at radius 3 is 1.96 bits per heavy atom. The molecule has 0 spiro atoms. The van der Waals surface area contributed by atoms with Gasteiger partial charge >= 0.3 is 12.2 Å². The van der Waals surface area contributed by atoms with Gasteiger partial charge in [-0.3, -0.25) is 4.79 Å². The maximum absolute atomic E-state index is 12.6. The minimum absolute atomic E-state index is 0.394. The van der Waals surface area contributed by atoms with Gasteiger partial charge in [0.1, 0.15) is 0 Å². The van der Waals surface area contributed by atoms with E-state index in [-0.39, 0.29) is 0 Å². The molecule has 1 aromatic rings. The minimum atomic E-state index is -0.960. The number of hydrogen-bond donors (Lipinski definition) is 1. The monoisotopic (exact) mass is 336 g/mol. The lowest BCUT2D eigenvalue weighted by molar-refractivity contribution is -0.133. The second-order valence-corrected chi connectivity index (χ2v) is 5.80. The zero-order valence-electron chi connectivity index (χ0n) is 14.6. The van der Waals surface area contributed by atoms with Gasteiger partial charge in [0, 0.05) is 0 Å². The molecule has 0 saturated carbocycles. The van der Waals surface area contributed by atoms with Crippen molar-refractivity contribution >= 4 is 18.1 Å². The molecule has 0 bridgehead atoms. The molecule has 7 nitrogen and oxygen atoms in total. The highest BCUT2D eigenvalue weighted by atomic mass is 16.6. The van der Waals surface area contributed by atoms with E-state index < -0.39 is 36.2 Å². The number of carbonyl (C=O) groups excluding carboxylic acids is 3. The first-order valence-corrected chi connectivity index (χ1v) is 7.79. The third-order valence-electron chi connectivity index (χ3n) is 2.96. The van der Waals surface area contributed by atoms with Gasteiger partial charge in [-0.05, 0) is 40.2 Å². The van der Waals surface area contributed by atoms with Crippen LogP contribution in [-0.4, -0.2) is 35.3 Å². The third kappa shape index (κ3) is 5.91. The molecule has 0 aliphatic heterocycles. The summed E-state index contributed by atoms with van der Waals surface area (Å²) >= 11 is 0. The van der Waals surface area contributed by atoms with Crippen LogP contribution < -0.4 is 5.43 Å². The summed E-state index contributed by atoms with van der Waals surface area (Å²) in [6, 6.07) is 8.93. The third-order valence-corrected chi connectivity index (χ3v) is 2.96. The molecule has 3 amide bonds. The number of nitrogens with one attached hydrogen (secondary N) is 1. The lowest BCUT2D eigenvalue weighted by Crippen LogP contribution is -2.52. The van der Waals surface area contributed by atoms with Crippen molar-refractivity contribution in [1.29, 1.82) is 0 Å². The van der Waals surface area contributed by atoms with Gasteiger partial charge in [-0.15, -0.1) is 5.01 Å². The molecule has 24 heavy (non-hydrogen) atoms.